The van der Waals surface area contributed by atoms with Gasteiger partial charge in [0.2, 0.25) is 0 Å². The maximum absolute atomic E-state index is 3.92. The normalized spacial score (nSPS) is 19.5. The van der Waals surface area contributed by atoms with Crippen LogP contribution in [0.1, 0.15) is 51.0 Å². The third-order valence-electron chi connectivity index (χ3n) is 3.44. The fourth-order valence-electron chi connectivity index (χ4n) is 2.64. The van der Waals surface area contributed by atoms with Crippen LogP contribution in [0.4, 0.5) is 0 Å². The Morgan fingerprint density at radius 2 is 1.87 bits per heavy atom. The van der Waals surface area contributed by atoms with Gasteiger partial charge < -0.3 is 0 Å². The minimum atomic E-state index is 0.566. The summed E-state index contributed by atoms with van der Waals surface area (Å²) >= 11 is 0. The van der Waals surface area contributed by atoms with Gasteiger partial charge in [-0.1, -0.05) is 32.6 Å². The minimum absolute atomic E-state index is 0.566. The van der Waals surface area contributed by atoms with E-state index in [4.69, 9.17) is 0 Å². The summed E-state index contributed by atoms with van der Waals surface area (Å²) in [5.41, 5.74) is 0. The molecule has 15 heavy (non-hydrogen) atoms. The van der Waals surface area contributed by atoms with E-state index in [2.05, 4.69) is 32.6 Å². The molecule has 0 spiro atoms. The number of aromatic amines is 4. The van der Waals surface area contributed by atoms with Crippen molar-refractivity contribution in [3.63, 3.8) is 0 Å². The Bertz CT molecular complexity index is 265. The second-order valence-electron chi connectivity index (χ2n) is 4.45. The van der Waals surface area contributed by atoms with Crippen molar-refractivity contribution in [2.45, 2.75) is 51.0 Å². The lowest BCUT2D eigenvalue weighted by Crippen LogP contribution is -2.20. The van der Waals surface area contributed by atoms with Crippen molar-refractivity contribution in [1.82, 2.24) is 25.7 Å². The average molecular weight is 212 g/mol. The highest BCUT2D eigenvalue weighted by molar-refractivity contribution is 4.76. The van der Waals surface area contributed by atoms with Crippen molar-refractivity contribution < 1.29 is 0 Å². The molecule has 0 saturated heterocycles. The van der Waals surface area contributed by atoms with E-state index in [9.17, 15) is 0 Å². The Balaban J connectivity index is 2.01. The highest BCUT2D eigenvalue weighted by atomic mass is 15.7. The Morgan fingerprint density at radius 1 is 1.20 bits per heavy atom. The van der Waals surface area contributed by atoms with Gasteiger partial charge in [0.25, 0.3) is 0 Å². The molecule has 1 saturated carbocycles. The topological polar surface area (TPSA) is 68.1 Å². The molecule has 1 aromatic rings. The summed E-state index contributed by atoms with van der Waals surface area (Å²) < 4.78 is 0. The van der Waals surface area contributed by atoms with Crippen LogP contribution in [0.25, 0.3) is 0 Å². The maximum atomic E-state index is 3.92. The van der Waals surface area contributed by atoms with Gasteiger partial charge in [0.1, 0.15) is 0 Å². The molecule has 1 atom stereocenters. The highest BCUT2D eigenvalue weighted by Crippen LogP contribution is 2.35. The maximum Gasteiger partial charge on any atom is 0.0731 e. The number of H-pyrrole nitrogens is 4. The first-order valence-corrected chi connectivity index (χ1v) is 6.01. The number of rotatable bonds is 5. The SMILES string of the molecule is [CH2]CCCC(C1CCCC1)n1[nH][nH][nH][nH]1. The lowest BCUT2D eigenvalue weighted by molar-refractivity contribution is 0.256. The van der Waals surface area contributed by atoms with Gasteiger partial charge in [-0.15, -0.1) is 0 Å². The summed E-state index contributed by atoms with van der Waals surface area (Å²) in [6, 6.07) is 0.566. The van der Waals surface area contributed by atoms with Gasteiger partial charge in [-0.05, 0) is 25.2 Å². The molecular formula is C10H22N5. The third kappa shape index (κ3) is 2.52. The van der Waals surface area contributed by atoms with Gasteiger partial charge in [-0.25, -0.2) is 20.9 Å². The standard InChI is InChI=1S/C10H22N5/c1-2-3-8-10(9-6-4-5-7-9)15-13-11-12-14-15/h9-14H,1-8H2. The van der Waals surface area contributed by atoms with Crippen LogP contribution in [-0.4, -0.2) is 25.7 Å². The van der Waals surface area contributed by atoms with Crippen LogP contribution in [0.3, 0.4) is 0 Å². The average Bonchev–Trinajstić information content (AvgIpc) is 2.90. The first-order valence-electron chi connectivity index (χ1n) is 6.01. The van der Waals surface area contributed by atoms with Gasteiger partial charge in [0.05, 0.1) is 6.04 Å². The smallest absolute Gasteiger partial charge is 0.0731 e. The predicted molar refractivity (Wildman–Crippen MR) is 59.7 cm³/mol. The molecule has 0 aliphatic heterocycles. The van der Waals surface area contributed by atoms with E-state index in [1.165, 1.54) is 38.5 Å². The fraction of sp³-hybridized carbons (Fsp3) is 0.900. The molecule has 1 unspecified atom stereocenters. The van der Waals surface area contributed by atoms with Crippen molar-refractivity contribution in [2.24, 2.45) is 5.92 Å². The number of nitrogens with zero attached hydrogens (tertiary/aromatic N) is 1. The molecule has 1 aliphatic carbocycles. The summed E-state index contributed by atoms with van der Waals surface area (Å²) in [6.45, 7) is 3.92. The van der Waals surface area contributed by atoms with Crippen LogP contribution < -0.4 is 0 Å². The third-order valence-corrected chi connectivity index (χ3v) is 3.44. The zero-order chi connectivity index (χ0) is 10.5. The molecule has 1 fully saturated rings. The van der Waals surface area contributed by atoms with Gasteiger partial charge in [-0.3, -0.25) is 0 Å². The first-order chi connectivity index (χ1) is 7.42. The Morgan fingerprint density at radius 3 is 2.47 bits per heavy atom. The van der Waals surface area contributed by atoms with E-state index in [0.717, 1.165) is 12.3 Å². The molecule has 5 nitrogen and oxygen atoms in total. The van der Waals surface area contributed by atoms with Crippen molar-refractivity contribution in [3.05, 3.63) is 6.92 Å². The molecule has 1 radical (unpaired) electrons. The molecule has 87 valence electrons. The van der Waals surface area contributed by atoms with Crippen LogP contribution in [0, 0.1) is 12.8 Å². The zero-order valence-corrected chi connectivity index (χ0v) is 9.26. The molecule has 1 heterocycles. The second kappa shape index (κ2) is 5.19. The molecule has 4 N–H and O–H groups in total. The molecule has 0 aromatic carbocycles. The summed E-state index contributed by atoms with van der Waals surface area (Å²) in [6.07, 6.45) is 8.93. The van der Waals surface area contributed by atoms with E-state index in [-0.39, 0.29) is 0 Å². The fourth-order valence-corrected chi connectivity index (χ4v) is 2.64. The van der Waals surface area contributed by atoms with Gasteiger partial charge in [-0.2, -0.15) is 4.80 Å². The molecule has 2 rings (SSSR count). The number of hydrogen-bond donors (Lipinski definition) is 4. The monoisotopic (exact) mass is 212 g/mol. The number of nitrogens with one attached hydrogen (secondary N) is 4. The van der Waals surface area contributed by atoms with Crippen molar-refractivity contribution >= 4 is 0 Å². The minimum Gasteiger partial charge on any atom is -0.213 e. The van der Waals surface area contributed by atoms with Gasteiger partial charge in [0, 0.05) is 0 Å². The lowest BCUT2D eigenvalue weighted by Gasteiger charge is -2.22. The Hall–Kier alpha value is -1.00. The summed E-state index contributed by atoms with van der Waals surface area (Å²) in [7, 11) is 0. The lowest BCUT2D eigenvalue weighted by atomic mass is 9.94. The Kier molecular flexibility index (Phi) is 3.64. The number of hydrogen-bond acceptors (Lipinski definition) is 0. The van der Waals surface area contributed by atoms with E-state index in [1.54, 1.807) is 0 Å². The summed E-state index contributed by atoms with van der Waals surface area (Å²) in [5, 5.41) is 11.9. The molecular weight excluding hydrogens is 190 g/mol. The predicted octanol–water partition coefficient (Wildman–Crippen LogP) is 2.66. The molecule has 0 bridgehead atoms. The van der Waals surface area contributed by atoms with Crippen LogP contribution in [0.5, 0.6) is 0 Å². The highest BCUT2D eigenvalue weighted by Gasteiger charge is 2.26. The van der Waals surface area contributed by atoms with Crippen molar-refractivity contribution in [3.8, 4) is 0 Å². The van der Waals surface area contributed by atoms with Crippen LogP contribution in [0.15, 0.2) is 0 Å². The molecule has 5 heteroatoms. The number of unbranched alkanes of at least 4 members (excludes halogenated alkanes) is 1. The van der Waals surface area contributed by atoms with Gasteiger partial charge >= 0.3 is 0 Å². The van der Waals surface area contributed by atoms with Gasteiger partial charge in [0.15, 0.2) is 0 Å². The van der Waals surface area contributed by atoms with Crippen molar-refractivity contribution in [2.75, 3.05) is 0 Å². The van der Waals surface area contributed by atoms with E-state index >= 15 is 0 Å². The number of aromatic nitrogens is 5. The van der Waals surface area contributed by atoms with Crippen molar-refractivity contribution in [1.29, 1.82) is 0 Å². The van der Waals surface area contributed by atoms with E-state index in [0.29, 0.717) is 6.04 Å². The van der Waals surface area contributed by atoms with E-state index in [1.807, 2.05) is 0 Å². The zero-order valence-electron chi connectivity index (χ0n) is 9.26. The van der Waals surface area contributed by atoms with Crippen LogP contribution in [-0.2, 0) is 0 Å². The Labute approximate surface area is 90.2 Å². The molecule has 1 aliphatic rings. The molecule has 1 aromatic heterocycles. The quantitative estimate of drug-likeness (QED) is 0.579. The second-order valence-corrected chi connectivity index (χ2v) is 4.45. The summed E-state index contributed by atoms with van der Waals surface area (Å²) in [4.78, 5) is 2.06. The first kappa shape index (κ1) is 10.5. The van der Waals surface area contributed by atoms with E-state index < -0.39 is 0 Å². The molecule has 0 amide bonds. The largest absolute Gasteiger partial charge is 0.213 e. The van der Waals surface area contributed by atoms with Crippen LogP contribution >= 0.6 is 0 Å². The summed E-state index contributed by atoms with van der Waals surface area (Å²) in [5.74, 6) is 0.818. The van der Waals surface area contributed by atoms with Crippen LogP contribution in [0.2, 0.25) is 0 Å².